The normalized spacial score (nSPS) is 20.2. The molecule has 0 aliphatic carbocycles. The molecule has 1 saturated heterocycles. The number of carbonyl (C=O) groups excluding carboxylic acids is 2. The Hall–Kier alpha value is -1.92. The molecule has 1 aliphatic heterocycles. The fourth-order valence-corrected chi connectivity index (χ4v) is 4.22. The van der Waals surface area contributed by atoms with Crippen molar-refractivity contribution in [2.45, 2.75) is 12.5 Å². The highest BCUT2D eigenvalue weighted by atomic mass is 35.5. The summed E-state index contributed by atoms with van der Waals surface area (Å²) in [5, 5.41) is 14.0. The standard InChI is InChI=1S/C17H17Cl2N5O2S/c1-23-14-3-2-12(18)16(19)11(14)6-15(23)17(26)22-13-4-5-24(27-21-9-25)8-10(13)7-20/h2-3,6,9-10,13H,4-5,8H2,1H3,(H,21,25)(H,22,26). The van der Waals surface area contributed by atoms with Crippen molar-refractivity contribution < 1.29 is 9.59 Å². The number of aromatic nitrogens is 1. The molecule has 0 spiro atoms. The highest BCUT2D eigenvalue weighted by Gasteiger charge is 2.31. The molecule has 0 bridgehead atoms. The van der Waals surface area contributed by atoms with Crippen molar-refractivity contribution in [2.75, 3.05) is 13.1 Å². The van der Waals surface area contributed by atoms with E-state index < -0.39 is 0 Å². The third-order valence-electron chi connectivity index (χ3n) is 4.63. The summed E-state index contributed by atoms with van der Waals surface area (Å²) in [4.78, 5) is 23.2. The topological polar surface area (TPSA) is 90.2 Å². The van der Waals surface area contributed by atoms with Gasteiger partial charge in [0.2, 0.25) is 6.41 Å². The number of rotatable bonds is 5. The maximum atomic E-state index is 12.8. The van der Waals surface area contributed by atoms with Crippen molar-refractivity contribution in [3.05, 3.63) is 33.9 Å². The van der Waals surface area contributed by atoms with Gasteiger partial charge in [-0.25, -0.2) is 4.31 Å². The minimum atomic E-state index is -0.378. The van der Waals surface area contributed by atoms with Gasteiger partial charge in [0.05, 0.1) is 22.0 Å². The lowest BCUT2D eigenvalue weighted by atomic mass is 9.94. The lowest BCUT2D eigenvalue weighted by Crippen LogP contribution is -2.49. The second-order valence-electron chi connectivity index (χ2n) is 6.20. The average molecular weight is 426 g/mol. The smallest absolute Gasteiger partial charge is 0.268 e. The molecule has 142 valence electrons. The molecule has 10 heteroatoms. The summed E-state index contributed by atoms with van der Waals surface area (Å²) in [7, 11) is 1.79. The number of halogens is 2. The highest BCUT2D eigenvalue weighted by Crippen LogP contribution is 2.32. The predicted octanol–water partition coefficient (Wildman–Crippen LogP) is 2.74. The van der Waals surface area contributed by atoms with Gasteiger partial charge in [-0.05, 0) is 24.6 Å². The number of carbonyl (C=O) groups is 2. The Morgan fingerprint density at radius 2 is 2.22 bits per heavy atom. The molecule has 27 heavy (non-hydrogen) atoms. The molecule has 2 amide bonds. The number of nitrogens with one attached hydrogen (secondary N) is 2. The van der Waals surface area contributed by atoms with E-state index in [0.717, 1.165) is 17.7 Å². The molecule has 0 saturated carbocycles. The van der Waals surface area contributed by atoms with Crippen LogP contribution in [0.1, 0.15) is 16.9 Å². The number of fused-ring (bicyclic) bond motifs is 1. The van der Waals surface area contributed by atoms with Crippen LogP contribution in [0.4, 0.5) is 0 Å². The number of nitriles is 1. The number of piperidine rings is 1. The van der Waals surface area contributed by atoms with Gasteiger partial charge in [-0.3, -0.25) is 14.3 Å². The van der Waals surface area contributed by atoms with E-state index in [2.05, 4.69) is 16.1 Å². The van der Waals surface area contributed by atoms with E-state index in [1.54, 1.807) is 23.7 Å². The first kappa shape index (κ1) is 19.8. The van der Waals surface area contributed by atoms with E-state index in [4.69, 9.17) is 23.2 Å². The Kier molecular flexibility index (Phi) is 6.17. The van der Waals surface area contributed by atoms with Gasteiger partial charge in [-0.15, -0.1) is 0 Å². The van der Waals surface area contributed by atoms with E-state index in [1.807, 2.05) is 10.4 Å². The van der Waals surface area contributed by atoms with Gasteiger partial charge in [0.1, 0.15) is 5.69 Å². The summed E-state index contributed by atoms with van der Waals surface area (Å²) in [6, 6.07) is 7.19. The van der Waals surface area contributed by atoms with Crippen LogP contribution >= 0.6 is 35.3 Å². The quantitative estimate of drug-likeness (QED) is 0.567. The predicted molar refractivity (Wildman–Crippen MR) is 106 cm³/mol. The Morgan fingerprint density at radius 3 is 2.93 bits per heavy atom. The third-order valence-corrected chi connectivity index (χ3v) is 6.24. The van der Waals surface area contributed by atoms with Crippen LogP contribution in [0.3, 0.4) is 0 Å². The molecule has 1 aliphatic rings. The van der Waals surface area contributed by atoms with E-state index in [9.17, 15) is 14.9 Å². The van der Waals surface area contributed by atoms with Crippen LogP contribution in [0, 0.1) is 17.2 Å². The first-order chi connectivity index (χ1) is 13.0. The van der Waals surface area contributed by atoms with Crippen LogP contribution in [-0.2, 0) is 11.8 Å². The summed E-state index contributed by atoms with van der Waals surface area (Å²) in [6.45, 7) is 1.09. The van der Waals surface area contributed by atoms with Gasteiger partial charge < -0.3 is 9.88 Å². The Labute approximate surface area is 170 Å². The Bertz CT molecular complexity index is 926. The number of nitrogens with zero attached hydrogens (tertiary/aromatic N) is 3. The molecule has 1 aromatic heterocycles. The second kappa shape index (κ2) is 8.40. The molecule has 2 aromatic rings. The van der Waals surface area contributed by atoms with Crippen molar-refractivity contribution in [2.24, 2.45) is 13.0 Å². The van der Waals surface area contributed by atoms with E-state index in [-0.39, 0.29) is 17.9 Å². The summed E-state index contributed by atoms with van der Waals surface area (Å²) in [5.74, 6) is -0.644. The zero-order chi connectivity index (χ0) is 19.6. The van der Waals surface area contributed by atoms with E-state index >= 15 is 0 Å². The Morgan fingerprint density at radius 1 is 1.44 bits per heavy atom. The first-order valence-electron chi connectivity index (χ1n) is 8.21. The average Bonchev–Trinajstić information content (AvgIpc) is 3.01. The maximum absolute atomic E-state index is 12.8. The van der Waals surface area contributed by atoms with Gasteiger partial charge in [-0.1, -0.05) is 23.2 Å². The van der Waals surface area contributed by atoms with E-state index in [0.29, 0.717) is 47.0 Å². The lowest BCUT2D eigenvalue weighted by molar-refractivity contribution is -0.108. The van der Waals surface area contributed by atoms with E-state index in [1.165, 1.54) is 0 Å². The molecule has 2 heterocycles. The van der Waals surface area contributed by atoms with Crippen molar-refractivity contribution in [3.8, 4) is 6.07 Å². The van der Waals surface area contributed by atoms with Crippen LogP contribution in [0.5, 0.6) is 0 Å². The number of hydrogen-bond acceptors (Lipinski definition) is 5. The zero-order valence-corrected chi connectivity index (χ0v) is 16.7. The fraction of sp³-hybridized carbons (Fsp3) is 0.353. The van der Waals surface area contributed by atoms with Crippen LogP contribution in [0.2, 0.25) is 10.0 Å². The van der Waals surface area contributed by atoms with Crippen LogP contribution < -0.4 is 10.0 Å². The largest absolute Gasteiger partial charge is 0.347 e. The minimum Gasteiger partial charge on any atom is -0.347 e. The van der Waals surface area contributed by atoms with Crippen molar-refractivity contribution in [3.63, 3.8) is 0 Å². The summed E-state index contributed by atoms with van der Waals surface area (Å²) in [6.07, 6.45) is 1.20. The van der Waals surface area contributed by atoms with Crippen LogP contribution in [0.25, 0.3) is 10.9 Å². The maximum Gasteiger partial charge on any atom is 0.268 e. The molecule has 7 nitrogen and oxygen atoms in total. The van der Waals surface area contributed by atoms with Crippen molar-refractivity contribution >= 4 is 58.6 Å². The molecular weight excluding hydrogens is 409 g/mol. The van der Waals surface area contributed by atoms with Gasteiger partial charge in [-0.2, -0.15) is 5.26 Å². The molecule has 2 N–H and O–H groups in total. The fourth-order valence-electron chi connectivity index (χ4n) is 3.21. The molecule has 3 rings (SSSR count). The molecule has 0 radical (unpaired) electrons. The third kappa shape index (κ3) is 4.01. The summed E-state index contributed by atoms with van der Waals surface area (Å²) < 4.78 is 6.16. The summed E-state index contributed by atoms with van der Waals surface area (Å²) >= 11 is 13.5. The molecule has 1 fully saturated rings. The van der Waals surface area contributed by atoms with Crippen molar-refractivity contribution in [1.82, 2.24) is 18.9 Å². The molecule has 2 unspecified atom stereocenters. The SMILES string of the molecule is Cn1c(C(=O)NC2CCN(SNC=O)CC2C#N)cc2c(Cl)c(Cl)ccc21. The molecular formula is C17H17Cl2N5O2S. The minimum absolute atomic E-state index is 0.266. The first-order valence-corrected chi connectivity index (χ1v) is 9.74. The van der Waals surface area contributed by atoms with Gasteiger partial charge in [0, 0.05) is 49.2 Å². The number of benzene rings is 1. The van der Waals surface area contributed by atoms with Gasteiger partial charge >= 0.3 is 0 Å². The molecule has 2 atom stereocenters. The number of aryl methyl sites for hydroxylation is 1. The number of amides is 2. The zero-order valence-electron chi connectivity index (χ0n) is 14.4. The highest BCUT2D eigenvalue weighted by molar-refractivity contribution is 7.95. The van der Waals surface area contributed by atoms with Crippen LogP contribution in [0.15, 0.2) is 18.2 Å². The lowest BCUT2D eigenvalue weighted by Gasteiger charge is -2.34. The van der Waals surface area contributed by atoms with Crippen LogP contribution in [-0.4, -0.2) is 40.3 Å². The monoisotopic (exact) mass is 425 g/mol. The van der Waals surface area contributed by atoms with Crippen molar-refractivity contribution in [1.29, 1.82) is 5.26 Å². The Balaban J connectivity index is 1.76. The molecule has 1 aromatic carbocycles. The second-order valence-corrected chi connectivity index (χ2v) is 7.92. The van der Waals surface area contributed by atoms with Gasteiger partial charge in [0.15, 0.2) is 0 Å². The van der Waals surface area contributed by atoms with Gasteiger partial charge in [0.25, 0.3) is 5.91 Å². The summed E-state index contributed by atoms with van der Waals surface area (Å²) in [5.41, 5.74) is 1.25. The number of hydrogen-bond donors (Lipinski definition) is 2.